The average Bonchev–Trinajstić information content (AvgIpc) is 2.81. The second-order valence-electron chi connectivity index (χ2n) is 7.89. The van der Waals surface area contributed by atoms with Crippen LogP contribution < -0.4 is 19.5 Å². The van der Waals surface area contributed by atoms with Crippen LogP contribution in [0.1, 0.15) is 24.2 Å². The maximum Gasteiger partial charge on any atom is 0.276 e. The van der Waals surface area contributed by atoms with E-state index in [-0.39, 0.29) is 11.5 Å². The molecule has 0 radical (unpaired) electrons. The Morgan fingerprint density at radius 1 is 1.21 bits per heavy atom. The Morgan fingerprint density at radius 2 is 1.86 bits per heavy atom. The van der Waals surface area contributed by atoms with Gasteiger partial charge in [0.2, 0.25) is 0 Å². The van der Waals surface area contributed by atoms with E-state index in [4.69, 9.17) is 14.6 Å². The predicted molar refractivity (Wildman–Crippen MR) is 104 cm³/mol. The van der Waals surface area contributed by atoms with Crippen molar-refractivity contribution in [2.75, 3.05) is 39.3 Å². The number of anilines is 1. The summed E-state index contributed by atoms with van der Waals surface area (Å²) in [5, 5.41) is 9.74. The molecule has 154 valence electrons. The smallest absolute Gasteiger partial charge is 0.276 e. The molecule has 2 fully saturated rings. The third kappa shape index (κ3) is 2.72. The highest BCUT2D eigenvalue weighted by Gasteiger charge is 2.55. The normalized spacial score (nSPS) is 19.2. The molecule has 10 nitrogen and oxygen atoms in total. The summed E-state index contributed by atoms with van der Waals surface area (Å²) < 4.78 is 37.1. The van der Waals surface area contributed by atoms with Gasteiger partial charge >= 0.3 is 0 Å². The van der Waals surface area contributed by atoms with Crippen LogP contribution in [0.15, 0.2) is 0 Å². The van der Waals surface area contributed by atoms with Crippen molar-refractivity contribution in [1.29, 1.82) is 0 Å². The Labute approximate surface area is 164 Å². The SMILES string of the molecule is COc1c(C)c2c(N3CC4(CC(N(C)S(N)(=O)=O)C4)C3)nc(C)nn2c1OC. The number of hydrogen-bond donors (Lipinski definition) is 1. The van der Waals surface area contributed by atoms with Gasteiger partial charge in [0.05, 0.1) is 14.2 Å². The van der Waals surface area contributed by atoms with Crippen LogP contribution >= 0.6 is 0 Å². The van der Waals surface area contributed by atoms with Crippen molar-refractivity contribution in [2.24, 2.45) is 10.6 Å². The summed E-state index contributed by atoms with van der Waals surface area (Å²) >= 11 is 0. The quantitative estimate of drug-likeness (QED) is 0.762. The van der Waals surface area contributed by atoms with E-state index in [9.17, 15) is 8.42 Å². The molecule has 1 spiro atoms. The van der Waals surface area contributed by atoms with E-state index in [1.807, 2.05) is 13.8 Å². The molecular weight excluding hydrogens is 384 g/mol. The third-order valence-electron chi connectivity index (χ3n) is 6.02. The number of methoxy groups -OCH3 is 2. The summed E-state index contributed by atoms with van der Waals surface area (Å²) in [6, 6.07) is -0.0282. The highest BCUT2D eigenvalue weighted by atomic mass is 32.2. The van der Waals surface area contributed by atoms with Gasteiger partial charge in [-0.25, -0.2) is 10.1 Å². The van der Waals surface area contributed by atoms with Crippen molar-refractivity contribution in [3.05, 3.63) is 11.4 Å². The molecule has 2 aromatic rings. The predicted octanol–water partition coefficient (Wildman–Crippen LogP) is 0.467. The molecule has 2 aliphatic rings. The van der Waals surface area contributed by atoms with Gasteiger partial charge in [-0.1, -0.05) is 0 Å². The van der Waals surface area contributed by atoms with Gasteiger partial charge in [-0.2, -0.15) is 17.2 Å². The first kappa shape index (κ1) is 19.2. The number of nitrogens with two attached hydrogens (primary N) is 1. The zero-order chi connectivity index (χ0) is 20.4. The first-order valence-corrected chi connectivity index (χ1v) is 10.6. The second-order valence-corrected chi connectivity index (χ2v) is 9.50. The van der Waals surface area contributed by atoms with Gasteiger partial charge in [0.15, 0.2) is 11.6 Å². The number of aryl methyl sites for hydroxylation is 2. The van der Waals surface area contributed by atoms with Gasteiger partial charge < -0.3 is 14.4 Å². The molecule has 11 heteroatoms. The van der Waals surface area contributed by atoms with Crippen LogP contribution in [0.3, 0.4) is 0 Å². The van der Waals surface area contributed by atoms with Gasteiger partial charge in [0.25, 0.3) is 16.1 Å². The van der Waals surface area contributed by atoms with E-state index in [0.717, 1.165) is 42.8 Å². The van der Waals surface area contributed by atoms with E-state index in [1.165, 1.54) is 4.31 Å². The molecule has 1 aliphatic heterocycles. The van der Waals surface area contributed by atoms with Gasteiger partial charge in [0.1, 0.15) is 11.3 Å². The Kier molecular flexibility index (Phi) is 4.25. The number of rotatable bonds is 5. The molecule has 0 unspecified atom stereocenters. The number of nitrogens with zero attached hydrogens (tertiary/aromatic N) is 5. The van der Waals surface area contributed by atoms with Crippen LogP contribution in [-0.4, -0.2) is 67.7 Å². The lowest BCUT2D eigenvalue weighted by Crippen LogP contribution is -2.67. The van der Waals surface area contributed by atoms with Crippen molar-refractivity contribution in [3.63, 3.8) is 0 Å². The minimum Gasteiger partial charge on any atom is -0.491 e. The first-order chi connectivity index (χ1) is 13.1. The molecule has 0 bridgehead atoms. The average molecular weight is 411 g/mol. The van der Waals surface area contributed by atoms with Crippen LogP contribution in [0.2, 0.25) is 0 Å². The highest BCUT2D eigenvalue weighted by molar-refractivity contribution is 7.86. The Hall–Kier alpha value is -2.11. The number of hydrogen-bond acceptors (Lipinski definition) is 7. The Morgan fingerprint density at radius 3 is 2.39 bits per heavy atom. The van der Waals surface area contributed by atoms with Gasteiger partial charge in [-0.15, -0.1) is 5.10 Å². The summed E-state index contributed by atoms with van der Waals surface area (Å²) in [6.07, 6.45) is 1.62. The van der Waals surface area contributed by atoms with Crippen molar-refractivity contribution in [2.45, 2.75) is 32.7 Å². The zero-order valence-electron chi connectivity index (χ0n) is 16.8. The first-order valence-electron chi connectivity index (χ1n) is 9.09. The molecule has 0 aromatic carbocycles. The lowest BCUT2D eigenvalue weighted by molar-refractivity contribution is 0.0207. The molecule has 28 heavy (non-hydrogen) atoms. The maximum absolute atomic E-state index is 11.5. The monoisotopic (exact) mass is 410 g/mol. The Balaban J connectivity index is 1.60. The number of ether oxygens (including phenoxy) is 2. The number of fused-ring (bicyclic) bond motifs is 1. The van der Waals surface area contributed by atoms with E-state index in [0.29, 0.717) is 17.5 Å². The highest BCUT2D eigenvalue weighted by Crippen LogP contribution is 2.52. The van der Waals surface area contributed by atoms with Gasteiger partial charge in [-0.3, -0.25) is 0 Å². The summed E-state index contributed by atoms with van der Waals surface area (Å²) in [5.74, 6) is 2.69. The van der Waals surface area contributed by atoms with Crippen molar-refractivity contribution < 1.29 is 17.9 Å². The molecule has 3 heterocycles. The fourth-order valence-electron chi connectivity index (χ4n) is 4.57. The molecule has 2 N–H and O–H groups in total. The second kappa shape index (κ2) is 6.19. The molecule has 4 rings (SSSR count). The molecule has 1 saturated carbocycles. The molecule has 0 atom stereocenters. The van der Waals surface area contributed by atoms with E-state index < -0.39 is 10.2 Å². The molecule has 2 aromatic heterocycles. The summed E-state index contributed by atoms with van der Waals surface area (Å²) in [5.41, 5.74) is 1.91. The summed E-state index contributed by atoms with van der Waals surface area (Å²) in [4.78, 5) is 6.89. The summed E-state index contributed by atoms with van der Waals surface area (Å²) in [6.45, 7) is 5.46. The van der Waals surface area contributed by atoms with Gasteiger partial charge in [-0.05, 0) is 26.7 Å². The van der Waals surface area contributed by atoms with E-state index in [1.54, 1.807) is 25.8 Å². The van der Waals surface area contributed by atoms with Crippen molar-refractivity contribution in [1.82, 2.24) is 18.9 Å². The molecular formula is C17H26N6O4S. The maximum atomic E-state index is 11.5. The molecule has 0 amide bonds. The van der Waals surface area contributed by atoms with E-state index >= 15 is 0 Å². The van der Waals surface area contributed by atoms with Crippen LogP contribution in [0.4, 0.5) is 5.82 Å². The largest absolute Gasteiger partial charge is 0.491 e. The van der Waals surface area contributed by atoms with Crippen LogP contribution in [-0.2, 0) is 10.2 Å². The summed E-state index contributed by atoms with van der Waals surface area (Å²) in [7, 11) is 1.11. The Bertz CT molecular complexity index is 1040. The standard InChI is InChI=1S/C17H26N6O4S/c1-10-13-15(19-11(2)20-23(13)16(27-5)14(10)26-4)22-8-17(9-22)6-12(7-17)21(3)28(18,24)25/h12H,6-9H2,1-5H3,(H2,18,24,25). The lowest BCUT2D eigenvalue weighted by Gasteiger charge is -2.60. The van der Waals surface area contributed by atoms with Crippen molar-refractivity contribution in [3.8, 4) is 11.6 Å². The molecule has 1 aliphatic carbocycles. The topological polar surface area (TPSA) is 115 Å². The van der Waals surface area contributed by atoms with E-state index in [2.05, 4.69) is 15.0 Å². The van der Waals surface area contributed by atoms with Crippen LogP contribution in [0.5, 0.6) is 11.6 Å². The third-order valence-corrected chi connectivity index (χ3v) is 7.12. The minimum absolute atomic E-state index is 0.0282. The molecule has 1 saturated heterocycles. The lowest BCUT2D eigenvalue weighted by atomic mass is 9.60. The number of aromatic nitrogens is 3. The fraction of sp³-hybridized carbons (Fsp3) is 0.647. The van der Waals surface area contributed by atoms with Crippen LogP contribution in [0, 0.1) is 19.3 Å². The fourth-order valence-corrected chi connectivity index (χ4v) is 5.14. The van der Waals surface area contributed by atoms with Crippen molar-refractivity contribution >= 4 is 21.5 Å². The van der Waals surface area contributed by atoms with Gasteiger partial charge in [0, 0.05) is 37.2 Å². The zero-order valence-corrected chi connectivity index (χ0v) is 17.6. The van der Waals surface area contributed by atoms with Crippen LogP contribution in [0.25, 0.3) is 5.52 Å². The minimum atomic E-state index is -3.64.